The predicted octanol–water partition coefficient (Wildman–Crippen LogP) is 2.14. The van der Waals surface area contributed by atoms with Crippen molar-refractivity contribution in [1.82, 2.24) is 4.90 Å². The zero-order valence-electron chi connectivity index (χ0n) is 11.0. The van der Waals surface area contributed by atoms with E-state index in [1.54, 1.807) is 0 Å². The average molecular weight is 254 g/mol. The van der Waals surface area contributed by atoms with Crippen molar-refractivity contribution in [3.05, 3.63) is 35.9 Å². The average Bonchev–Trinajstić information content (AvgIpc) is 2.74. The summed E-state index contributed by atoms with van der Waals surface area (Å²) in [5.74, 6) is 6.68. The molecule has 3 nitrogen and oxygen atoms in total. The van der Waals surface area contributed by atoms with Crippen LogP contribution in [0.25, 0.3) is 0 Å². The number of rotatable bonds is 2. The fraction of sp³-hybridized carbons (Fsp3) is 0.438. The molecule has 2 aliphatic rings. The molecule has 0 radical (unpaired) electrons. The van der Waals surface area contributed by atoms with Crippen LogP contribution in [0.15, 0.2) is 35.5 Å². The van der Waals surface area contributed by atoms with Crippen molar-refractivity contribution in [2.75, 3.05) is 26.2 Å². The zero-order valence-corrected chi connectivity index (χ0v) is 11.0. The minimum Gasteiger partial charge on any atom is -0.383 e. The third-order valence-corrected chi connectivity index (χ3v) is 3.69. The summed E-state index contributed by atoms with van der Waals surface area (Å²) in [5, 5.41) is 4.27. The van der Waals surface area contributed by atoms with Crippen LogP contribution in [0.2, 0.25) is 0 Å². The maximum Gasteiger partial charge on any atom is 0.177 e. The van der Waals surface area contributed by atoms with Gasteiger partial charge in [-0.1, -0.05) is 35.2 Å². The minimum atomic E-state index is 0.366. The predicted molar refractivity (Wildman–Crippen MR) is 75.9 cm³/mol. The van der Waals surface area contributed by atoms with Crippen LogP contribution in [0.3, 0.4) is 0 Å². The summed E-state index contributed by atoms with van der Waals surface area (Å²) in [7, 11) is 0. The van der Waals surface area contributed by atoms with Crippen molar-refractivity contribution >= 4 is 5.71 Å². The number of fused-ring (bicyclic) bond motifs is 2. The number of hydrogen-bond acceptors (Lipinski definition) is 3. The van der Waals surface area contributed by atoms with Gasteiger partial charge in [-0.2, -0.15) is 0 Å². The van der Waals surface area contributed by atoms with Crippen molar-refractivity contribution in [3.63, 3.8) is 0 Å². The molecule has 0 aromatic heterocycles. The van der Waals surface area contributed by atoms with Gasteiger partial charge >= 0.3 is 0 Å². The molecule has 2 aliphatic heterocycles. The first-order chi connectivity index (χ1) is 9.42. The molecule has 1 aromatic rings. The monoisotopic (exact) mass is 254 g/mol. The van der Waals surface area contributed by atoms with Crippen LogP contribution in [0.4, 0.5) is 0 Å². The second-order valence-electron chi connectivity index (χ2n) is 5.10. The van der Waals surface area contributed by atoms with Gasteiger partial charge in [0.15, 0.2) is 6.61 Å². The molecule has 0 aliphatic carbocycles. The first kappa shape index (κ1) is 12.3. The number of nitrogens with zero attached hydrogens (tertiary/aromatic N) is 2. The molecule has 0 spiro atoms. The van der Waals surface area contributed by atoms with Gasteiger partial charge in [0.2, 0.25) is 0 Å². The second-order valence-corrected chi connectivity index (χ2v) is 5.10. The highest BCUT2D eigenvalue weighted by atomic mass is 16.6. The number of oxime groups is 1. The van der Waals surface area contributed by atoms with E-state index in [-0.39, 0.29) is 0 Å². The number of piperidine rings is 1. The minimum absolute atomic E-state index is 0.366. The van der Waals surface area contributed by atoms with Gasteiger partial charge in [-0.3, -0.25) is 4.90 Å². The first-order valence-electron chi connectivity index (χ1n) is 6.87. The number of hydrogen-bond donors (Lipinski definition) is 0. The van der Waals surface area contributed by atoms with E-state index in [2.05, 4.69) is 21.9 Å². The van der Waals surface area contributed by atoms with Gasteiger partial charge in [0.25, 0.3) is 0 Å². The smallest absolute Gasteiger partial charge is 0.177 e. The van der Waals surface area contributed by atoms with Gasteiger partial charge < -0.3 is 4.84 Å². The second kappa shape index (κ2) is 5.90. The Morgan fingerprint density at radius 1 is 1.32 bits per heavy atom. The lowest BCUT2D eigenvalue weighted by molar-refractivity contribution is 0.178. The SMILES string of the molecule is C(#Cc1ccccc1)CO/N=C1\CN2CCCC1C2. The molecule has 98 valence electrons. The van der Waals surface area contributed by atoms with Crippen molar-refractivity contribution in [3.8, 4) is 11.8 Å². The highest BCUT2D eigenvalue weighted by Gasteiger charge is 2.32. The van der Waals surface area contributed by atoms with Gasteiger partial charge in [-0.25, -0.2) is 0 Å². The summed E-state index contributed by atoms with van der Waals surface area (Å²) in [6, 6.07) is 9.94. The van der Waals surface area contributed by atoms with E-state index < -0.39 is 0 Å². The van der Waals surface area contributed by atoms with Gasteiger partial charge in [0, 0.05) is 24.6 Å². The molecule has 0 amide bonds. The van der Waals surface area contributed by atoms with Gasteiger partial charge in [0.05, 0.1) is 5.71 Å². The molecule has 3 heteroatoms. The lowest BCUT2D eigenvalue weighted by Crippen LogP contribution is -2.25. The Kier molecular flexibility index (Phi) is 3.81. The normalized spacial score (nSPS) is 26.8. The van der Waals surface area contributed by atoms with Crippen LogP contribution in [-0.2, 0) is 4.84 Å². The molecule has 2 fully saturated rings. The van der Waals surface area contributed by atoms with E-state index in [1.165, 1.54) is 25.1 Å². The molecule has 2 heterocycles. The van der Waals surface area contributed by atoms with Crippen molar-refractivity contribution in [2.24, 2.45) is 11.1 Å². The summed E-state index contributed by atoms with van der Waals surface area (Å²) in [5.41, 5.74) is 2.22. The third-order valence-electron chi connectivity index (χ3n) is 3.69. The molecule has 2 unspecified atom stereocenters. The Balaban J connectivity index is 1.50. The lowest BCUT2D eigenvalue weighted by Gasteiger charge is -2.19. The Bertz CT molecular complexity index is 513. The molecular weight excluding hydrogens is 236 g/mol. The van der Waals surface area contributed by atoms with E-state index >= 15 is 0 Å². The first-order valence-corrected chi connectivity index (χ1v) is 6.87. The topological polar surface area (TPSA) is 24.8 Å². The van der Waals surface area contributed by atoms with Crippen molar-refractivity contribution in [1.29, 1.82) is 0 Å². The van der Waals surface area contributed by atoms with E-state index in [0.717, 1.165) is 18.7 Å². The van der Waals surface area contributed by atoms with Crippen LogP contribution in [0.1, 0.15) is 18.4 Å². The standard InChI is InChI=1S/C16H18N2O/c1-2-6-14(7-3-1)8-5-11-19-17-16-13-18-10-4-9-15(16)12-18/h1-3,6-7,15H,4,9-13H2/b17-16+. The van der Waals surface area contributed by atoms with Crippen LogP contribution in [-0.4, -0.2) is 36.9 Å². The fourth-order valence-electron chi connectivity index (χ4n) is 2.74. The van der Waals surface area contributed by atoms with E-state index in [9.17, 15) is 0 Å². The molecule has 1 aromatic carbocycles. The molecule has 0 N–H and O–H groups in total. The zero-order chi connectivity index (χ0) is 12.9. The fourth-order valence-corrected chi connectivity index (χ4v) is 2.74. The molecule has 3 rings (SSSR count). The summed E-state index contributed by atoms with van der Waals surface area (Å²) in [4.78, 5) is 7.79. The molecule has 2 bridgehead atoms. The van der Waals surface area contributed by atoms with E-state index in [0.29, 0.717) is 12.5 Å². The van der Waals surface area contributed by atoms with Crippen molar-refractivity contribution < 1.29 is 4.84 Å². The van der Waals surface area contributed by atoms with Crippen molar-refractivity contribution in [2.45, 2.75) is 12.8 Å². The maximum absolute atomic E-state index is 5.34. The Morgan fingerprint density at radius 3 is 3.05 bits per heavy atom. The van der Waals surface area contributed by atoms with Gasteiger partial charge in [-0.05, 0) is 31.5 Å². The van der Waals surface area contributed by atoms with Crippen LogP contribution in [0.5, 0.6) is 0 Å². The number of benzene rings is 1. The molecule has 2 saturated heterocycles. The third kappa shape index (κ3) is 3.15. The summed E-state index contributed by atoms with van der Waals surface area (Å²) in [6.45, 7) is 3.73. The summed E-state index contributed by atoms with van der Waals surface area (Å²) >= 11 is 0. The highest BCUT2D eigenvalue weighted by molar-refractivity contribution is 5.90. The highest BCUT2D eigenvalue weighted by Crippen LogP contribution is 2.24. The van der Waals surface area contributed by atoms with E-state index in [1.807, 2.05) is 30.3 Å². The molecule has 0 saturated carbocycles. The summed E-state index contributed by atoms with van der Waals surface area (Å²) < 4.78 is 0. The Labute approximate surface area is 114 Å². The largest absolute Gasteiger partial charge is 0.383 e. The lowest BCUT2D eigenvalue weighted by atomic mass is 9.99. The van der Waals surface area contributed by atoms with Gasteiger partial charge in [-0.15, -0.1) is 0 Å². The van der Waals surface area contributed by atoms with E-state index in [4.69, 9.17) is 4.84 Å². The Morgan fingerprint density at radius 2 is 2.21 bits per heavy atom. The van der Waals surface area contributed by atoms with Crippen LogP contribution < -0.4 is 0 Å². The summed E-state index contributed by atoms with van der Waals surface area (Å²) in [6.07, 6.45) is 2.55. The molecule has 2 atom stereocenters. The molecule has 19 heavy (non-hydrogen) atoms. The quantitative estimate of drug-likeness (QED) is 0.459. The molecular formula is C16H18N2O. The Hall–Kier alpha value is -1.79. The van der Waals surface area contributed by atoms with Crippen LogP contribution in [0, 0.1) is 17.8 Å². The maximum atomic E-state index is 5.34. The van der Waals surface area contributed by atoms with Gasteiger partial charge in [0.1, 0.15) is 0 Å². The van der Waals surface area contributed by atoms with Crippen LogP contribution >= 0.6 is 0 Å².